The average Bonchev–Trinajstić information content (AvgIpc) is 3.59. The van der Waals surface area contributed by atoms with Crippen molar-refractivity contribution in [3.8, 4) is 73.2 Å². The average molecular weight is 767 g/mol. The summed E-state index contributed by atoms with van der Waals surface area (Å²) in [4.78, 5) is 15.2. The minimum Gasteiger partial charge on any atom is -0.308 e. The number of hydrogen-bond donors (Lipinski definition) is 0. The number of aryl methyl sites for hydroxylation is 2. The summed E-state index contributed by atoms with van der Waals surface area (Å²) in [6.45, 7) is 4.19. The number of fused-ring (bicyclic) bond motifs is 3. The highest BCUT2D eigenvalue weighted by atomic mass is 19.1. The molecule has 0 aliphatic carbocycles. The summed E-state index contributed by atoms with van der Waals surface area (Å²) in [7, 11) is 0. The third kappa shape index (κ3) is 6.64. The molecule has 10 rings (SSSR count). The summed E-state index contributed by atoms with van der Waals surface area (Å²) in [6.07, 6.45) is 0. The van der Waals surface area contributed by atoms with E-state index in [1.807, 2.05) is 72.8 Å². The Kier molecular flexibility index (Phi) is 8.95. The topological polar surface area (TPSA) is 43.6 Å². The first-order valence-electron chi connectivity index (χ1n) is 19.6. The highest BCUT2D eigenvalue weighted by Crippen LogP contribution is 2.41. The van der Waals surface area contributed by atoms with Gasteiger partial charge in [0.25, 0.3) is 0 Å². The van der Waals surface area contributed by atoms with Crippen LogP contribution in [0.15, 0.2) is 182 Å². The molecule has 0 amide bonds. The monoisotopic (exact) mass is 766 g/mol. The molecule has 0 atom stereocenters. The van der Waals surface area contributed by atoms with Gasteiger partial charge in [-0.15, -0.1) is 0 Å². The van der Waals surface area contributed by atoms with Crippen LogP contribution in [0.2, 0.25) is 0 Å². The van der Waals surface area contributed by atoms with Gasteiger partial charge in [0.05, 0.1) is 22.3 Å². The molecule has 0 N–H and O–H groups in total. The lowest BCUT2D eigenvalue weighted by Gasteiger charge is -2.17. The summed E-state index contributed by atoms with van der Waals surface area (Å²) in [6, 6.07) is 59.2. The Bertz CT molecular complexity index is 3030. The van der Waals surface area contributed by atoms with E-state index in [0.29, 0.717) is 28.6 Å². The SMILES string of the molecule is Cc1cccc(-c2ccc3c4ccc(-c5cccc(C)c5)cc4n(-c4ccc(-c5c(F)cccc5F)cc4-c4nc(-c5ccccc5)nc(-c5ccccc5)n4)c3c2)c1. The molecule has 0 fully saturated rings. The normalized spacial score (nSPS) is 11.4. The van der Waals surface area contributed by atoms with Crippen molar-refractivity contribution < 1.29 is 8.78 Å². The Morgan fingerprint density at radius 1 is 0.373 bits per heavy atom. The van der Waals surface area contributed by atoms with Crippen molar-refractivity contribution in [1.82, 2.24) is 19.5 Å². The van der Waals surface area contributed by atoms with E-state index in [0.717, 1.165) is 60.9 Å². The van der Waals surface area contributed by atoms with Crippen LogP contribution >= 0.6 is 0 Å². The lowest BCUT2D eigenvalue weighted by Crippen LogP contribution is -2.04. The molecule has 2 heterocycles. The molecule has 282 valence electrons. The van der Waals surface area contributed by atoms with Crippen LogP contribution in [0.5, 0.6) is 0 Å². The van der Waals surface area contributed by atoms with E-state index in [1.54, 1.807) is 6.07 Å². The van der Waals surface area contributed by atoms with Gasteiger partial charge < -0.3 is 4.57 Å². The van der Waals surface area contributed by atoms with Crippen molar-refractivity contribution in [2.75, 3.05) is 0 Å². The van der Waals surface area contributed by atoms with Gasteiger partial charge in [-0.3, -0.25) is 0 Å². The lowest BCUT2D eigenvalue weighted by atomic mass is 9.99. The van der Waals surface area contributed by atoms with Crippen molar-refractivity contribution >= 4 is 21.8 Å². The Balaban J connectivity index is 1.32. The molecule has 59 heavy (non-hydrogen) atoms. The van der Waals surface area contributed by atoms with Gasteiger partial charge in [-0.25, -0.2) is 23.7 Å². The number of aromatic nitrogens is 4. The number of halogens is 2. The van der Waals surface area contributed by atoms with Crippen molar-refractivity contribution in [3.05, 3.63) is 205 Å². The highest BCUT2D eigenvalue weighted by molar-refractivity contribution is 6.11. The van der Waals surface area contributed by atoms with Crippen LogP contribution in [0.25, 0.3) is 95.0 Å². The Morgan fingerprint density at radius 2 is 0.814 bits per heavy atom. The molecule has 10 aromatic rings. The second-order valence-electron chi connectivity index (χ2n) is 14.9. The van der Waals surface area contributed by atoms with E-state index in [-0.39, 0.29) is 5.56 Å². The molecule has 2 aromatic heterocycles. The Morgan fingerprint density at radius 3 is 1.32 bits per heavy atom. The first-order valence-corrected chi connectivity index (χ1v) is 19.6. The van der Waals surface area contributed by atoms with Crippen molar-refractivity contribution in [2.24, 2.45) is 0 Å². The molecule has 0 aliphatic rings. The predicted octanol–water partition coefficient (Wildman–Crippen LogP) is 13.9. The fraction of sp³-hybridized carbons (Fsp3) is 0.0377. The summed E-state index contributed by atoms with van der Waals surface area (Å²) < 4.78 is 33.5. The van der Waals surface area contributed by atoms with E-state index in [4.69, 9.17) is 15.0 Å². The van der Waals surface area contributed by atoms with E-state index in [1.165, 1.54) is 29.3 Å². The second-order valence-corrected chi connectivity index (χ2v) is 14.9. The van der Waals surface area contributed by atoms with E-state index in [9.17, 15) is 0 Å². The maximum atomic E-state index is 15.6. The van der Waals surface area contributed by atoms with Gasteiger partial charge in [-0.05, 0) is 78.1 Å². The quantitative estimate of drug-likeness (QED) is 0.162. The Labute approximate surface area is 340 Å². The van der Waals surface area contributed by atoms with Gasteiger partial charge in [0.2, 0.25) is 0 Å². The van der Waals surface area contributed by atoms with Crippen LogP contribution < -0.4 is 0 Å². The fourth-order valence-corrected chi connectivity index (χ4v) is 8.05. The van der Waals surface area contributed by atoms with Gasteiger partial charge in [-0.2, -0.15) is 0 Å². The molecular weight excluding hydrogens is 731 g/mol. The zero-order valence-corrected chi connectivity index (χ0v) is 32.4. The molecular formula is C53H36F2N4. The van der Waals surface area contributed by atoms with Crippen LogP contribution in [0.3, 0.4) is 0 Å². The number of rotatable bonds is 7. The van der Waals surface area contributed by atoms with Crippen LogP contribution in [0.1, 0.15) is 11.1 Å². The molecule has 0 unspecified atom stereocenters. The molecule has 8 aromatic carbocycles. The minimum absolute atomic E-state index is 0.119. The fourth-order valence-electron chi connectivity index (χ4n) is 8.05. The van der Waals surface area contributed by atoms with E-state index >= 15 is 8.78 Å². The maximum absolute atomic E-state index is 15.6. The van der Waals surface area contributed by atoms with Crippen LogP contribution in [-0.2, 0) is 0 Å². The third-order valence-electron chi connectivity index (χ3n) is 10.9. The van der Waals surface area contributed by atoms with Gasteiger partial charge in [0.1, 0.15) is 11.6 Å². The molecule has 0 saturated carbocycles. The number of nitrogens with zero attached hydrogens (tertiary/aromatic N) is 4. The molecule has 6 heteroatoms. The zero-order valence-electron chi connectivity index (χ0n) is 32.4. The zero-order chi connectivity index (χ0) is 40.0. The maximum Gasteiger partial charge on any atom is 0.166 e. The second kappa shape index (κ2) is 14.7. The minimum atomic E-state index is -0.656. The van der Waals surface area contributed by atoms with Crippen molar-refractivity contribution in [3.63, 3.8) is 0 Å². The van der Waals surface area contributed by atoms with Crippen LogP contribution in [0.4, 0.5) is 8.78 Å². The van der Waals surface area contributed by atoms with E-state index < -0.39 is 11.6 Å². The van der Waals surface area contributed by atoms with Gasteiger partial charge in [-0.1, -0.05) is 157 Å². The standard InChI is InChI=1S/C53H36F2N4/c1-33-12-9-18-37(28-33)39-22-25-42-43-26-23-40(38-19-10-13-34(2)29-38)32-49(43)59(48(42)31-39)47-27-24-41(50-45(54)20-11-21-46(50)55)30-44(47)53-57-51(35-14-5-3-6-15-35)56-52(58-53)36-16-7-4-8-17-36/h3-32H,1-2H3. The largest absolute Gasteiger partial charge is 0.308 e. The molecule has 0 spiro atoms. The summed E-state index contributed by atoms with van der Waals surface area (Å²) in [5.74, 6) is 0.0154. The summed E-state index contributed by atoms with van der Waals surface area (Å²) in [5.41, 5.74) is 11.8. The number of benzene rings is 8. The third-order valence-corrected chi connectivity index (χ3v) is 10.9. The lowest BCUT2D eigenvalue weighted by molar-refractivity contribution is 0.589. The van der Waals surface area contributed by atoms with Gasteiger partial charge in [0.15, 0.2) is 17.5 Å². The molecule has 0 bridgehead atoms. The summed E-state index contributed by atoms with van der Waals surface area (Å²) in [5, 5.41) is 2.13. The first kappa shape index (κ1) is 35.8. The van der Waals surface area contributed by atoms with Gasteiger partial charge >= 0.3 is 0 Å². The summed E-state index contributed by atoms with van der Waals surface area (Å²) >= 11 is 0. The Hall–Kier alpha value is -7.57. The van der Waals surface area contributed by atoms with Crippen molar-refractivity contribution in [2.45, 2.75) is 13.8 Å². The molecule has 0 aliphatic heterocycles. The van der Waals surface area contributed by atoms with Crippen molar-refractivity contribution in [1.29, 1.82) is 0 Å². The smallest absolute Gasteiger partial charge is 0.166 e. The highest BCUT2D eigenvalue weighted by Gasteiger charge is 2.23. The van der Waals surface area contributed by atoms with Crippen LogP contribution in [0, 0.1) is 25.5 Å². The van der Waals surface area contributed by atoms with Gasteiger partial charge in [0, 0.05) is 27.5 Å². The predicted molar refractivity (Wildman–Crippen MR) is 236 cm³/mol. The first-order chi connectivity index (χ1) is 28.9. The number of hydrogen-bond acceptors (Lipinski definition) is 3. The molecule has 0 saturated heterocycles. The molecule has 4 nitrogen and oxygen atoms in total. The van der Waals surface area contributed by atoms with E-state index in [2.05, 4.69) is 103 Å². The van der Waals surface area contributed by atoms with Crippen LogP contribution in [-0.4, -0.2) is 19.5 Å². The molecule has 0 radical (unpaired) electrons.